The molecule has 3 aromatic carbocycles. The number of aryl methyl sites for hydroxylation is 1. The number of para-hydroxylation sites is 1. The van der Waals surface area contributed by atoms with Gasteiger partial charge in [-0.1, -0.05) is 35.9 Å². The number of carbonyl (C=O) groups is 1. The zero-order valence-electron chi connectivity index (χ0n) is 16.9. The van der Waals surface area contributed by atoms with Gasteiger partial charge in [0.25, 0.3) is 0 Å². The first-order valence-electron chi connectivity index (χ1n) is 9.80. The Hall–Kier alpha value is -3.86. The van der Waals surface area contributed by atoms with Crippen LogP contribution in [-0.2, 0) is 4.74 Å². The molecule has 150 valence electrons. The summed E-state index contributed by atoms with van der Waals surface area (Å²) in [6.07, 6.45) is 1.55. The van der Waals surface area contributed by atoms with Gasteiger partial charge in [0.05, 0.1) is 17.8 Å². The van der Waals surface area contributed by atoms with Crippen molar-refractivity contribution in [2.24, 2.45) is 0 Å². The lowest BCUT2D eigenvalue weighted by Crippen LogP contribution is -2.09. The second-order valence-corrected chi connectivity index (χ2v) is 6.85. The average Bonchev–Trinajstić information content (AvgIpc) is 2.76. The molecule has 5 heteroatoms. The van der Waals surface area contributed by atoms with E-state index in [1.165, 1.54) is 0 Å². The summed E-state index contributed by atoms with van der Waals surface area (Å²) in [6.45, 7) is 4.10. The Labute approximate surface area is 175 Å². The van der Waals surface area contributed by atoms with Crippen molar-refractivity contribution in [1.29, 1.82) is 0 Å². The lowest BCUT2D eigenvalue weighted by atomic mass is 10.1. The third kappa shape index (κ3) is 4.25. The summed E-state index contributed by atoms with van der Waals surface area (Å²) in [5, 5.41) is 4.15. The molecule has 0 spiro atoms. The molecule has 0 unspecified atom stereocenters. The number of fused-ring (bicyclic) bond motifs is 1. The van der Waals surface area contributed by atoms with Crippen molar-refractivity contribution in [3.8, 4) is 11.5 Å². The average molecular weight is 398 g/mol. The number of nitrogens with zero attached hydrogens (tertiary/aromatic N) is 1. The third-order valence-electron chi connectivity index (χ3n) is 4.63. The second kappa shape index (κ2) is 8.66. The minimum absolute atomic E-state index is 0.290. The van der Waals surface area contributed by atoms with Crippen LogP contribution >= 0.6 is 0 Å². The van der Waals surface area contributed by atoms with Gasteiger partial charge in [-0.25, -0.2) is 4.79 Å². The molecule has 0 amide bonds. The minimum Gasteiger partial charge on any atom is -0.462 e. The van der Waals surface area contributed by atoms with Gasteiger partial charge < -0.3 is 14.8 Å². The van der Waals surface area contributed by atoms with Gasteiger partial charge in [0, 0.05) is 17.3 Å². The van der Waals surface area contributed by atoms with E-state index < -0.39 is 5.97 Å². The lowest BCUT2D eigenvalue weighted by molar-refractivity contribution is 0.0527. The van der Waals surface area contributed by atoms with Gasteiger partial charge in [-0.05, 0) is 56.3 Å². The Morgan fingerprint density at radius 2 is 1.73 bits per heavy atom. The molecular weight excluding hydrogens is 376 g/mol. The molecule has 5 nitrogen and oxygen atoms in total. The highest BCUT2D eigenvalue weighted by atomic mass is 16.5. The van der Waals surface area contributed by atoms with Crippen molar-refractivity contribution in [1.82, 2.24) is 4.98 Å². The van der Waals surface area contributed by atoms with Gasteiger partial charge in [0.1, 0.15) is 17.1 Å². The van der Waals surface area contributed by atoms with Gasteiger partial charge in [0.15, 0.2) is 0 Å². The summed E-state index contributed by atoms with van der Waals surface area (Å²) in [6, 6.07) is 23.2. The van der Waals surface area contributed by atoms with Crippen molar-refractivity contribution in [2.75, 3.05) is 11.9 Å². The first-order chi connectivity index (χ1) is 14.6. The molecule has 0 aliphatic carbocycles. The maximum atomic E-state index is 12.6. The molecule has 0 saturated carbocycles. The smallest absolute Gasteiger partial charge is 0.341 e. The van der Waals surface area contributed by atoms with Crippen molar-refractivity contribution in [3.63, 3.8) is 0 Å². The molecule has 1 N–H and O–H groups in total. The fraction of sp³-hybridized carbons (Fsp3) is 0.120. The van der Waals surface area contributed by atoms with Crippen LogP contribution in [0.25, 0.3) is 10.9 Å². The Bertz CT molecular complexity index is 1170. The molecule has 1 aromatic heterocycles. The number of nitrogens with one attached hydrogen (secondary N) is 1. The lowest BCUT2D eigenvalue weighted by Gasteiger charge is -2.15. The van der Waals surface area contributed by atoms with Crippen molar-refractivity contribution >= 4 is 28.2 Å². The van der Waals surface area contributed by atoms with Crippen LogP contribution < -0.4 is 10.1 Å². The van der Waals surface area contributed by atoms with Crippen LogP contribution in [-0.4, -0.2) is 17.6 Å². The van der Waals surface area contributed by atoms with E-state index in [0.717, 1.165) is 27.9 Å². The highest BCUT2D eigenvalue weighted by molar-refractivity contribution is 6.06. The van der Waals surface area contributed by atoms with Crippen LogP contribution in [0.4, 0.5) is 11.4 Å². The van der Waals surface area contributed by atoms with E-state index in [0.29, 0.717) is 17.0 Å². The van der Waals surface area contributed by atoms with Gasteiger partial charge in [-0.3, -0.25) is 4.98 Å². The van der Waals surface area contributed by atoms with E-state index in [2.05, 4.69) is 10.3 Å². The number of carbonyl (C=O) groups excluding carboxylic acids is 1. The Balaban J connectivity index is 1.81. The summed E-state index contributed by atoms with van der Waals surface area (Å²) in [5.41, 5.74) is 3.79. The molecule has 30 heavy (non-hydrogen) atoms. The van der Waals surface area contributed by atoms with Gasteiger partial charge in [-0.15, -0.1) is 0 Å². The van der Waals surface area contributed by atoms with E-state index in [1.807, 2.05) is 79.7 Å². The minimum atomic E-state index is -0.420. The summed E-state index contributed by atoms with van der Waals surface area (Å²) in [5.74, 6) is 0.971. The van der Waals surface area contributed by atoms with Crippen molar-refractivity contribution < 1.29 is 14.3 Å². The maximum Gasteiger partial charge on any atom is 0.341 e. The number of hydrogen-bond acceptors (Lipinski definition) is 5. The molecule has 4 aromatic rings. The third-order valence-corrected chi connectivity index (χ3v) is 4.63. The molecule has 4 rings (SSSR count). The van der Waals surface area contributed by atoms with E-state index in [-0.39, 0.29) is 6.61 Å². The molecule has 0 aliphatic rings. The monoisotopic (exact) mass is 398 g/mol. The topological polar surface area (TPSA) is 60.5 Å². The molecule has 0 saturated heterocycles. The summed E-state index contributed by atoms with van der Waals surface area (Å²) in [4.78, 5) is 17.0. The summed E-state index contributed by atoms with van der Waals surface area (Å²) >= 11 is 0. The molecular formula is C25H22N2O3. The zero-order chi connectivity index (χ0) is 20.9. The predicted molar refractivity (Wildman–Crippen MR) is 119 cm³/mol. The van der Waals surface area contributed by atoms with E-state index in [9.17, 15) is 4.79 Å². The first-order valence-corrected chi connectivity index (χ1v) is 9.80. The molecule has 0 fully saturated rings. The van der Waals surface area contributed by atoms with Crippen molar-refractivity contribution in [3.05, 3.63) is 90.1 Å². The summed E-state index contributed by atoms with van der Waals surface area (Å²) in [7, 11) is 0. The fourth-order valence-electron chi connectivity index (χ4n) is 3.14. The van der Waals surface area contributed by atoms with Crippen molar-refractivity contribution in [2.45, 2.75) is 13.8 Å². The van der Waals surface area contributed by atoms with Gasteiger partial charge in [-0.2, -0.15) is 0 Å². The van der Waals surface area contributed by atoms with E-state index in [1.54, 1.807) is 13.1 Å². The molecule has 0 bridgehead atoms. The Morgan fingerprint density at radius 3 is 2.47 bits per heavy atom. The van der Waals surface area contributed by atoms with Crippen LogP contribution in [0.1, 0.15) is 22.8 Å². The van der Waals surface area contributed by atoms with Crippen LogP contribution in [0.15, 0.2) is 79.0 Å². The van der Waals surface area contributed by atoms with Crippen LogP contribution in [0.5, 0.6) is 11.5 Å². The molecule has 1 heterocycles. The van der Waals surface area contributed by atoms with Gasteiger partial charge >= 0.3 is 5.97 Å². The standard InChI is InChI=1S/C25H22N2O3/c1-3-29-25(28)22-16-26-23-14-13-20(30-19-7-5-4-6-8-19)15-21(23)24(22)27-18-11-9-17(2)10-12-18/h4-16H,3H2,1-2H3,(H,26,27). The Kier molecular flexibility index (Phi) is 5.61. The number of aromatic nitrogens is 1. The molecule has 0 atom stereocenters. The maximum absolute atomic E-state index is 12.6. The number of ether oxygens (including phenoxy) is 2. The number of rotatable bonds is 6. The Morgan fingerprint density at radius 1 is 0.967 bits per heavy atom. The molecule has 0 radical (unpaired) electrons. The highest BCUT2D eigenvalue weighted by Gasteiger charge is 2.18. The first kappa shape index (κ1) is 19.5. The number of esters is 1. The normalized spacial score (nSPS) is 10.6. The number of benzene rings is 3. The number of hydrogen-bond donors (Lipinski definition) is 1. The largest absolute Gasteiger partial charge is 0.462 e. The van der Waals surface area contributed by atoms with Crippen LogP contribution in [0.2, 0.25) is 0 Å². The summed E-state index contributed by atoms with van der Waals surface area (Å²) < 4.78 is 11.2. The zero-order valence-corrected chi connectivity index (χ0v) is 16.9. The van der Waals surface area contributed by atoms with E-state index >= 15 is 0 Å². The van der Waals surface area contributed by atoms with Crippen LogP contribution in [0, 0.1) is 6.92 Å². The number of pyridine rings is 1. The van der Waals surface area contributed by atoms with Gasteiger partial charge in [0.2, 0.25) is 0 Å². The quantitative estimate of drug-likeness (QED) is 0.389. The second-order valence-electron chi connectivity index (χ2n) is 6.85. The van der Waals surface area contributed by atoms with E-state index in [4.69, 9.17) is 9.47 Å². The molecule has 0 aliphatic heterocycles. The predicted octanol–water partition coefficient (Wildman–Crippen LogP) is 6.26. The highest BCUT2D eigenvalue weighted by Crippen LogP contribution is 2.33. The number of anilines is 2. The van der Waals surface area contributed by atoms with Crippen LogP contribution in [0.3, 0.4) is 0 Å². The SMILES string of the molecule is CCOC(=O)c1cnc2ccc(Oc3ccccc3)cc2c1Nc1ccc(C)cc1. The fourth-order valence-corrected chi connectivity index (χ4v) is 3.14.